The highest BCUT2D eigenvalue weighted by molar-refractivity contribution is 7.18. The van der Waals surface area contributed by atoms with Crippen LogP contribution in [0.2, 0.25) is 0 Å². The van der Waals surface area contributed by atoms with E-state index < -0.39 is 6.09 Å². The zero-order valence-electron chi connectivity index (χ0n) is 14.7. The number of ether oxygens (including phenoxy) is 2. The number of amides is 1. The molecule has 0 saturated heterocycles. The molecule has 0 aliphatic rings. The molecule has 0 radical (unpaired) electrons. The first-order valence-electron chi connectivity index (χ1n) is 7.97. The smallest absolute Gasteiger partial charge is 0.412 e. The zero-order valence-corrected chi connectivity index (χ0v) is 15.5. The van der Waals surface area contributed by atoms with Crippen LogP contribution in [0.4, 0.5) is 4.79 Å². The Kier molecular flexibility index (Phi) is 4.90. The minimum atomic E-state index is -0.481. The number of nitrogens with one attached hydrogen (secondary N) is 1. The molecule has 0 aliphatic carbocycles. The number of rotatable bonds is 4. The number of hydrogen-bond acceptors (Lipinski definition) is 5. The van der Waals surface area contributed by atoms with Crippen molar-refractivity contribution in [3.8, 4) is 11.5 Å². The molecule has 0 spiro atoms. The SMILES string of the molecule is CNC(=O)Oc1cc(C)c(OCc2nc3ccccc3s2)c(C)c1C. The third-order valence-corrected chi connectivity index (χ3v) is 5.07. The second kappa shape index (κ2) is 7.11. The lowest BCUT2D eigenvalue weighted by Crippen LogP contribution is -2.22. The van der Waals surface area contributed by atoms with Gasteiger partial charge in [0.15, 0.2) is 0 Å². The Balaban J connectivity index is 1.82. The maximum Gasteiger partial charge on any atom is 0.412 e. The first kappa shape index (κ1) is 17.2. The van der Waals surface area contributed by atoms with Crippen LogP contribution >= 0.6 is 11.3 Å². The van der Waals surface area contributed by atoms with Gasteiger partial charge in [0.2, 0.25) is 0 Å². The number of fused-ring (bicyclic) bond motifs is 1. The molecular formula is C19H20N2O3S. The van der Waals surface area contributed by atoms with Gasteiger partial charge in [0.05, 0.1) is 10.2 Å². The average Bonchev–Trinajstić information content (AvgIpc) is 3.02. The van der Waals surface area contributed by atoms with E-state index in [-0.39, 0.29) is 0 Å². The van der Waals surface area contributed by atoms with E-state index in [1.54, 1.807) is 11.3 Å². The first-order chi connectivity index (χ1) is 12.0. The van der Waals surface area contributed by atoms with Crippen molar-refractivity contribution in [3.05, 3.63) is 52.0 Å². The fraction of sp³-hybridized carbons (Fsp3) is 0.263. The molecule has 0 saturated carbocycles. The van der Waals surface area contributed by atoms with E-state index in [0.717, 1.165) is 37.7 Å². The van der Waals surface area contributed by atoms with Crippen molar-refractivity contribution in [2.45, 2.75) is 27.4 Å². The van der Waals surface area contributed by atoms with Crippen molar-refractivity contribution in [1.29, 1.82) is 0 Å². The maximum atomic E-state index is 11.5. The Bertz CT molecular complexity index is 901. The summed E-state index contributed by atoms with van der Waals surface area (Å²) in [6.45, 7) is 6.23. The first-order valence-corrected chi connectivity index (χ1v) is 8.79. The normalized spacial score (nSPS) is 10.7. The van der Waals surface area contributed by atoms with Crippen molar-refractivity contribution in [1.82, 2.24) is 10.3 Å². The summed E-state index contributed by atoms with van der Waals surface area (Å²) in [6, 6.07) is 9.87. The summed E-state index contributed by atoms with van der Waals surface area (Å²) in [7, 11) is 1.53. The van der Waals surface area contributed by atoms with E-state index >= 15 is 0 Å². The van der Waals surface area contributed by atoms with Crippen LogP contribution in [0.15, 0.2) is 30.3 Å². The van der Waals surface area contributed by atoms with Crippen molar-refractivity contribution < 1.29 is 14.3 Å². The molecule has 0 unspecified atom stereocenters. The second-order valence-electron chi connectivity index (χ2n) is 5.77. The number of thiazole rings is 1. The van der Waals surface area contributed by atoms with Gasteiger partial charge in [-0.2, -0.15) is 0 Å². The van der Waals surface area contributed by atoms with Crippen molar-refractivity contribution in [2.24, 2.45) is 0 Å². The molecule has 25 heavy (non-hydrogen) atoms. The van der Waals surface area contributed by atoms with Crippen LogP contribution in [0.3, 0.4) is 0 Å². The fourth-order valence-corrected chi connectivity index (χ4v) is 3.50. The molecule has 1 amide bonds. The molecule has 0 atom stereocenters. The van der Waals surface area contributed by atoms with Gasteiger partial charge in [-0.05, 0) is 55.7 Å². The Morgan fingerprint density at radius 3 is 2.68 bits per heavy atom. The molecule has 2 aromatic carbocycles. The Morgan fingerprint density at radius 1 is 1.20 bits per heavy atom. The molecular weight excluding hydrogens is 336 g/mol. The minimum Gasteiger partial charge on any atom is -0.486 e. The third-order valence-electron chi connectivity index (χ3n) is 4.06. The van der Waals surface area contributed by atoms with Gasteiger partial charge in [0.25, 0.3) is 0 Å². The van der Waals surface area contributed by atoms with Crippen LogP contribution in [-0.4, -0.2) is 18.1 Å². The number of aromatic nitrogens is 1. The molecule has 3 aromatic rings. The van der Waals surface area contributed by atoms with E-state index in [1.807, 2.05) is 45.0 Å². The minimum absolute atomic E-state index is 0.413. The highest BCUT2D eigenvalue weighted by Crippen LogP contribution is 2.34. The van der Waals surface area contributed by atoms with Gasteiger partial charge in [-0.15, -0.1) is 11.3 Å². The third kappa shape index (κ3) is 3.58. The predicted octanol–water partition coefficient (Wildman–Crippen LogP) is 4.52. The van der Waals surface area contributed by atoms with Gasteiger partial charge < -0.3 is 14.8 Å². The van der Waals surface area contributed by atoms with Crippen LogP contribution < -0.4 is 14.8 Å². The van der Waals surface area contributed by atoms with E-state index in [0.29, 0.717) is 12.4 Å². The summed E-state index contributed by atoms with van der Waals surface area (Å²) in [5, 5.41) is 3.39. The quantitative estimate of drug-likeness (QED) is 0.747. The summed E-state index contributed by atoms with van der Waals surface area (Å²) in [5.74, 6) is 1.35. The Morgan fingerprint density at radius 2 is 1.96 bits per heavy atom. The van der Waals surface area contributed by atoms with Crippen LogP contribution in [0.1, 0.15) is 21.7 Å². The van der Waals surface area contributed by atoms with Crippen LogP contribution in [0.5, 0.6) is 11.5 Å². The number of para-hydroxylation sites is 1. The van der Waals surface area contributed by atoms with E-state index in [9.17, 15) is 4.79 Å². The van der Waals surface area contributed by atoms with Crippen LogP contribution in [0, 0.1) is 20.8 Å². The molecule has 6 heteroatoms. The van der Waals surface area contributed by atoms with Crippen LogP contribution in [-0.2, 0) is 6.61 Å². The number of carbonyl (C=O) groups excluding carboxylic acids is 1. The summed E-state index contributed by atoms with van der Waals surface area (Å²) >= 11 is 1.63. The number of nitrogens with zero attached hydrogens (tertiary/aromatic N) is 1. The molecule has 1 N–H and O–H groups in total. The summed E-state index contributed by atoms with van der Waals surface area (Å²) in [4.78, 5) is 16.1. The molecule has 3 rings (SSSR count). The monoisotopic (exact) mass is 356 g/mol. The number of benzene rings is 2. The lowest BCUT2D eigenvalue weighted by atomic mass is 10.0. The second-order valence-corrected chi connectivity index (χ2v) is 6.89. The molecule has 5 nitrogen and oxygen atoms in total. The average molecular weight is 356 g/mol. The topological polar surface area (TPSA) is 60.5 Å². The van der Waals surface area contributed by atoms with E-state index in [2.05, 4.69) is 16.4 Å². The fourth-order valence-electron chi connectivity index (χ4n) is 2.62. The molecule has 0 fully saturated rings. The number of carbonyl (C=O) groups is 1. The van der Waals surface area contributed by atoms with Gasteiger partial charge in [0, 0.05) is 7.05 Å². The standard InChI is InChI=1S/C19H20N2O3S/c1-11-9-15(24-19(22)20-4)12(2)13(3)18(11)23-10-17-21-14-7-5-6-8-16(14)25-17/h5-9H,10H2,1-4H3,(H,20,22). The summed E-state index contributed by atoms with van der Waals surface area (Å²) < 4.78 is 12.5. The van der Waals surface area contributed by atoms with Gasteiger partial charge in [-0.3, -0.25) is 0 Å². The molecule has 1 aromatic heterocycles. The number of hydrogen-bond donors (Lipinski definition) is 1. The van der Waals surface area contributed by atoms with Gasteiger partial charge >= 0.3 is 6.09 Å². The largest absolute Gasteiger partial charge is 0.486 e. The number of aryl methyl sites for hydroxylation is 1. The Hall–Kier alpha value is -2.60. The maximum absolute atomic E-state index is 11.5. The van der Waals surface area contributed by atoms with Gasteiger partial charge in [-0.1, -0.05) is 12.1 Å². The predicted molar refractivity (Wildman–Crippen MR) is 99.7 cm³/mol. The molecule has 130 valence electrons. The summed E-state index contributed by atoms with van der Waals surface area (Å²) in [6.07, 6.45) is -0.481. The molecule has 0 bridgehead atoms. The van der Waals surface area contributed by atoms with E-state index in [4.69, 9.17) is 9.47 Å². The van der Waals surface area contributed by atoms with Gasteiger partial charge in [-0.25, -0.2) is 9.78 Å². The highest BCUT2D eigenvalue weighted by atomic mass is 32.1. The lowest BCUT2D eigenvalue weighted by Gasteiger charge is -2.16. The highest BCUT2D eigenvalue weighted by Gasteiger charge is 2.15. The van der Waals surface area contributed by atoms with Gasteiger partial charge in [0.1, 0.15) is 23.1 Å². The molecule has 0 aliphatic heterocycles. The van der Waals surface area contributed by atoms with Crippen molar-refractivity contribution >= 4 is 27.6 Å². The zero-order chi connectivity index (χ0) is 18.0. The molecule has 1 heterocycles. The lowest BCUT2D eigenvalue weighted by molar-refractivity contribution is 0.202. The van der Waals surface area contributed by atoms with E-state index in [1.165, 1.54) is 7.05 Å². The van der Waals surface area contributed by atoms with Crippen LogP contribution in [0.25, 0.3) is 10.2 Å². The van der Waals surface area contributed by atoms with Crippen molar-refractivity contribution in [3.63, 3.8) is 0 Å². The Labute approximate surface area is 150 Å². The summed E-state index contributed by atoms with van der Waals surface area (Å²) in [5.41, 5.74) is 3.75. The van der Waals surface area contributed by atoms with Crippen molar-refractivity contribution in [2.75, 3.05) is 7.05 Å².